The van der Waals surface area contributed by atoms with Gasteiger partial charge in [0.1, 0.15) is 5.75 Å². The molecule has 0 aliphatic carbocycles. The van der Waals surface area contributed by atoms with E-state index in [1.807, 2.05) is 26.0 Å². The van der Waals surface area contributed by atoms with Crippen molar-refractivity contribution in [3.63, 3.8) is 0 Å². The van der Waals surface area contributed by atoms with Crippen LogP contribution in [-0.4, -0.2) is 30.8 Å². The Hall–Kier alpha value is -1.13. The number of hydrogen-bond acceptors (Lipinski definition) is 4. The number of ether oxygens (including phenoxy) is 2. The molecule has 4 nitrogen and oxygen atoms in total. The third-order valence-corrected chi connectivity index (χ3v) is 2.72. The predicted molar refractivity (Wildman–Crippen MR) is 68.2 cm³/mol. The Balaban J connectivity index is 2.37. The van der Waals surface area contributed by atoms with E-state index in [0.29, 0.717) is 13.2 Å². The van der Waals surface area contributed by atoms with Crippen molar-refractivity contribution in [1.82, 2.24) is 4.98 Å². The number of pyridine rings is 1. The Labute approximate surface area is 103 Å². The molecule has 0 radical (unpaired) electrons. The number of nitrogens with two attached hydrogens (primary N) is 1. The summed E-state index contributed by atoms with van der Waals surface area (Å²) in [6.07, 6.45) is 3.38. The number of hydrogen-bond donors (Lipinski definition) is 1. The standard InChI is InChI=1S/C13H22N2O2/c1-13(2,16-3)7-9-17-12-5-4-11(6-8-14)15-10-12/h4-5,10H,6-9,14H2,1-3H3. The van der Waals surface area contributed by atoms with Gasteiger partial charge in [-0.25, -0.2) is 0 Å². The van der Waals surface area contributed by atoms with Gasteiger partial charge in [0.05, 0.1) is 18.4 Å². The van der Waals surface area contributed by atoms with Crippen molar-refractivity contribution in [2.45, 2.75) is 32.3 Å². The smallest absolute Gasteiger partial charge is 0.137 e. The molecule has 0 amide bonds. The van der Waals surface area contributed by atoms with Gasteiger partial charge in [-0.2, -0.15) is 0 Å². The average Bonchev–Trinajstić information content (AvgIpc) is 2.32. The van der Waals surface area contributed by atoms with Crippen molar-refractivity contribution in [1.29, 1.82) is 0 Å². The van der Waals surface area contributed by atoms with Crippen LogP contribution in [0.1, 0.15) is 26.0 Å². The molecule has 0 fully saturated rings. The first-order valence-corrected chi connectivity index (χ1v) is 5.90. The van der Waals surface area contributed by atoms with Crippen LogP contribution < -0.4 is 10.5 Å². The van der Waals surface area contributed by atoms with E-state index < -0.39 is 0 Å². The highest BCUT2D eigenvalue weighted by atomic mass is 16.5. The molecular weight excluding hydrogens is 216 g/mol. The Bertz CT molecular complexity index is 323. The van der Waals surface area contributed by atoms with Crippen molar-refractivity contribution < 1.29 is 9.47 Å². The van der Waals surface area contributed by atoms with E-state index in [9.17, 15) is 0 Å². The van der Waals surface area contributed by atoms with Crippen LogP contribution in [0.15, 0.2) is 18.3 Å². The van der Waals surface area contributed by atoms with Crippen molar-refractivity contribution in [2.24, 2.45) is 5.73 Å². The molecule has 1 heterocycles. The lowest BCUT2D eigenvalue weighted by Gasteiger charge is -2.22. The second kappa shape index (κ2) is 6.57. The van der Waals surface area contributed by atoms with Gasteiger partial charge >= 0.3 is 0 Å². The lowest BCUT2D eigenvalue weighted by atomic mass is 10.1. The summed E-state index contributed by atoms with van der Waals surface area (Å²) in [6, 6.07) is 3.88. The molecule has 0 unspecified atom stereocenters. The number of rotatable bonds is 7. The maximum atomic E-state index is 5.60. The van der Waals surface area contributed by atoms with Crippen LogP contribution in [0.3, 0.4) is 0 Å². The summed E-state index contributed by atoms with van der Waals surface area (Å²) in [5.41, 5.74) is 6.31. The van der Waals surface area contributed by atoms with Crippen molar-refractivity contribution in [3.8, 4) is 5.75 Å². The van der Waals surface area contributed by atoms with Crippen LogP contribution in [-0.2, 0) is 11.2 Å². The topological polar surface area (TPSA) is 57.4 Å². The first kappa shape index (κ1) is 13.9. The third-order valence-electron chi connectivity index (χ3n) is 2.72. The zero-order valence-corrected chi connectivity index (χ0v) is 10.9. The van der Waals surface area contributed by atoms with E-state index in [2.05, 4.69) is 4.98 Å². The van der Waals surface area contributed by atoms with Gasteiger partial charge in [0.25, 0.3) is 0 Å². The van der Waals surface area contributed by atoms with Crippen LogP contribution in [0.5, 0.6) is 5.75 Å². The van der Waals surface area contributed by atoms with Gasteiger partial charge in [-0.1, -0.05) is 0 Å². The van der Waals surface area contributed by atoms with Crippen molar-refractivity contribution in [2.75, 3.05) is 20.3 Å². The molecule has 0 atom stereocenters. The summed E-state index contributed by atoms with van der Waals surface area (Å²) >= 11 is 0. The highest BCUT2D eigenvalue weighted by Gasteiger charge is 2.15. The summed E-state index contributed by atoms with van der Waals surface area (Å²) < 4.78 is 10.9. The minimum atomic E-state index is -0.146. The molecule has 1 aromatic rings. The first-order chi connectivity index (χ1) is 8.07. The van der Waals surface area contributed by atoms with Crippen LogP contribution in [0.4, 0.5) is 0 Å². The fourth-order valence-electron chi connectivity index (χ4n) is 1.31. The Morgan fingerprint density at radius 3 is 2.65 bits per heavy atom. The molecule has 1 aromatic heterocycles. The molecule has 0 aliphatic rings. The summed E-state index contributed by atoms with van der Waals surface area (Å²) in [6.45, 7) is 5.33. The Morgan fingerprint density at radius 1 is 1.35 bits per heavy atom. The quantitative estimate of drug-likeness (QED) is 0.786. The molecule has 0 saturated heterocycles. The zero-order chi connectivity index (χ0) is 12.7. The van der Waals surface area contributed by atoms with E-state index in [4.69, 9.17) is 15.2 Å². The fraction of sp³-hybridized carbons (Fsp3) is 0.615. The van der Waals surface area contributed by atoms with Gasteiger partial charge in [0.15, 0.2) is 0 Å². The maximum Gasteiger partial charge on any atom is 0.137 e. The molecule has 0 spiro atoms. The van der Waals surface area contributed by atoms with Gasteiger partial charge < -0.3 is 15.2 Å². The minimum absolute atomic E-state index is 0.146. The zero-order valence-electron chi connectivity index (χ0n) is 10.9. The normalized spacial score (nSPS) is 11.5. The predicted octanol–water partition coefficient (Wildman–Crippen LogP) is 1.78. The Kier molecular flexibility index (Phi) is 5.38. The lowest BCUT2D eigenvalue weighted by Crippen LogP contribution is -2.25. The fourth-order valence-corrected chi connectivity index (χ4v) is 1.31. The van der Waals surface area contributed by atoms with Crippen LogP contribution in [0.25, 0.3) is 0 Å². The Morgan fingerprint density at radius 2 is 2.12 bits per heavy atom. The van der Waals surface area contributed by atoms with Gasteiger partial charge in [-0.15, -0.1) is 0 Å². The summed E-state index contributed by atoms with van der Waals surface area (Å²) in [5, 5.41) is 0. The number of aromatic nitrogens is 1. The second-order valence-corrected chi connectivity index (χ2v) is 4.59. The van der Waals surface area contributed by atoms with Crippen molar-refractivity contribution in [3.05, 3.63) is 24.0 Å². The van der Waals surface area contributed by atoms with E-state index in [1.165, 1.54) is 0 Å². The number of nitrogens with zero attached hydrogens (tertiary/aromatic N) is 1. The largest absolute Gasteiger partial charge is 0.492 e. The van der Waals surface area contributed by atoms with Gasteiger partial charge in [0, 0.05) is 25.6 Å². The molecular formula is C13H22N2O2. The molecule has 1 rings (SSSR count). The van der Waals surface area contributed by atoms with Crippen molar-refractivity contribution >= 4 is 0 Å². The van der Waals surface area contributed by atoms with E-state index in [1.54, 1.807) is 13.3 Å². The van der Waals surface area contributed by atoms with Crippen LogP contribution in [0, 0.1) is 0 Å². The average molecular weight is 238 g/mol. The molecule has 96 valence electrons. The summed E-state index contributed by atoms with van der Waals surface area (Å²) in [7, 11) is 1.71. The third kappa shape index (κ3) is 5.15. The summed E-state index contributed by atoms with van der Waals surface area (Å²) in [4.78, 5) is 4.27. The van der Waals surface area contributed by atoms with E-state index >= 15 is 0 Å². The summed E-state index contributed by atoms with van der Waals surface area (Å²) in [5.74, 6) is 0.790. The first-order valence-electron chi connectivity index (χ1n) is 5.90. The van der Waals surface area contributed by atoms with E-state index in [0.717, 1.165) is 24.3 Å². The van der Waals surface area contributed by atoms with Gasteiger partial charge in [-0.05, 0) is 32.5 Å². The van der Waals surface area contributed by atoms with Gasteiger partial charge in [-0.3, -0.25) is 4.98 Å². The number of methoxy groups -OCH3 is 1. The SMILES string of the molecule is COC(C)(C)CCOc1ccc(CCN)nc1. The molecule has 2 N–H and O–H groups in total. The maximum absolute atomic E-state index is 5.60. The lowest BCUT2D eigenvalue weighted by molar-refractivity contribution is 0.00542. The molecule has 0 saturated carbocycles. The highest BCUT2D eigenvalue weighted by Crippen LogP contribution is 2.15. The minimum Gasteiger partial charge on any atom is -0.492 e. The molecule has 4 heteroatoms. The molecule has 0 aromatic carbocycles. The second-order valence-electron chi connectivity index (χ2n) is 4.59. The van der Waals surface area contributed by atoms with Crippen LogP contribution in [0.2, 0.25) is 0 Å². The monoisotopic (exact) mass is 238 g/mol. The molecule has 17 heavy (non-hydrogen) atoms. The van der Waals surface area contributed by atoms with Gasteiger partial charge in [0.2, 0.25) is 0 Å². The molecule has 0 aliphatic heterocycles. The highest BCUT2D eigenvalue weighted by molar-refractivity contribution is 5.19. The van der Waals surface area contributed by atoms with E-state index in [-0.39, 0.29) is 5.60 Å². The molecule has 0 bridgehead atoms. The van der Waals surface area contributed by atoms with Crippen LogP contribution >= 0.6 is 0 Å².